The molecule has 0 unspecified atom stereocenters. The fraction of sp³-hybridized carbons (Fsp3) is 0.625. The third kappa shape index (κ3) is 3.87. The summed E-state index contributed by atoms with van der Waals surface area (Å²) in [5, 5.41) is 3.35. The highest BCUT2D eigenvalue weighted by atomic mass is 16.5. The van der Waals surface area contributed by atoms with Crippen molar-refractivity contribution in [3.8, 4) is 11.5 Å². The Morgan fingerprint density at radius 3 is 2.29 bits per heavy atom. The van der Waals surface area contributed by atoms with E-state index in [4.69, 9.17) is 9.47 Å². The van der Waals surface area contributed by atoms with Crippen molar-refractivity contribution in [3.63, 3.8) is 0 Å². The molecule has 2 aliphatic heterocycles. The Kier molecular flexibility index (Phi) is 4.95. The SMILES string of the molecule is COc1ccc(OCCN2CCN(C3CNC3)CC2)cc1. The van der Waals surface area contributed by atoms with Gasteiger partial charge < -0.3 is 14.8 Å². The average molecular weight is 291 g/mol. The number of rotatable bonds is 6. The lowest BCUT2D eigenvalue weighted by atomic mass is 10.1. The predicted octanol–water partition coefficient (Wildman–Crippen LogP) is 0.663. The van der Waals surface area contributed by atoms with Gasteiger partial charge in [-0.15, -0.1) is 0 Å². The lowest BCUT2D eigenvalue weighted by molar-refractivity contribution is 0.0663. The summed E-state index contributed by atoms with van der Waals surface area (Å²) in [6.45, 7) is 8.77. The van der Waals surface area contributed by atoms with E-state index in [1.807, 2.05) is 24.3 Å². The molecular weight excluding hydrogens is 266 g/mol. The predicted molar refractivity (Wildman–Crippen MR) is 83.2 cm³/mol. The maximum atomic E-state index is 5.79. The van der Waals surface area contributed by atoms with Crippen LogP contribution in [0.5, 0.6) is 11.5 Å². The standard InChI is InChI=1S/C16H25N3O2/c1-20-15-2-4-16(5-3-15)21-11-10-18-6-8-19(9-7-18)14-12-17-13-14/h2-5,14,17H,6-13H2,1H3. The Labute approximate surface area is 126 Å². The van der Waals surface area contributed by atoms with E-state index in [1.54, 1.807) is 7.11 Å². The lowest BCUT2D eigenvalue weighted by Crippen LogP contribution is -2.61. The Balaban J connectivity index is 1.34. The summed E-state index contributed by atoms with van der Waals surface area (Å²) >= 11 is 0. The Hall–Kier alpha value is -1.30. The lowest BCUT2D eigenvalue weighted by Gasteiger charge is -2.43. The molecule has 21 heavy (non-hydrogen) atoms. The smallest absolute Gasteiger partial charge is 0.119 e. The molecule has 0 bridgehead atoms. The highest BCUT2D eigenvalue weighted by molar-refractivity contribution is 5.31. The summed E-state index contributed by atoms with van der Waals surface area (Å²) in [6, 6.07) is 8.56. The molecule has 1 aromatic carbocycles. The molecule has 5 heteroatoms. The zero-order valence-corrected chi connectivity index (χ0v) is 12.8. The van der Waals surface area contributed by atoms with Crippen LogP contribution in [0.3, 0.4) is 0 Å². The van der Waals surface area contributed by atoms with E-state index in [1.165, 1.54) is 26.2 Å². The van der Waals surface area contributed by atoms with Crippen molar-refractivity contribution in [2.24, 2.45) is 0 Å². The molecule has 0 radical (unpaired) electrons. The van der Waals surface area contributed by atoms with Crippen LogP contribution in [0.4, 0.5) is 0 Å². The molecule has 0 amide bonds. The third-order valence-corrected chi connectivity index (χ3v) is 4.42. The van der Waals surface area contributed by atoms with Crippen LogP contribution in [-0.2, 0) is 0 Å². The summed E-state index contributed by atoms with van der Waals surface area (Å²) in [4.78, 5) is 5.10. The minimum Gasteiger partial charge on any atom is -0.497 e. The number of benzene rings is 1. The van der Waals surface area contributed by atoms with E-state index in [0.29, 0.717) is 0 Å². The van der Waals surface area contributed by atoms with Crippen molar-refractivity contribution in [2.75, 3.05) is 59.5 Å². The molecule has 0 atom stereocenters. The summed E-state index contributed by atoms with van der Waals surface area (Å²) < 4.78 is 10.9. The van der Waals surface area contributed by atoms with E-state index in [9.17, 15) is 0 Å². The Morgan fingerprint density at radius 1 is 1.05 bits per heavy atom. The molecule has 0 saturated carbocycles. The first-order valence-electron chi connectivity index (χ1n) is 7.79. The zero-order chi connectivity index (χ0) is 14.5. The average Bonchev–Trinajstić information content (AvgIpc) is 2.48. The van der Waals surface area contributed by atoms with Crippen molar-refractivity contribution in [3.05, 3.63) is 24.3 Å². The number of nitrogens with zero attached hydrogens (tertiary/aromatic N) is 2. The molecule has 2 saturated heterocycles. The largest absolute Gasteiger partial charge is 0.497 e. The van der Waals surface area contributed by atoms with E-state index in [-0.39, 0.29) is 0 Å². The van der Waals surface area contributed by atoms with Gasteiger partial charge in [0.15, 0.2) is 0 Å². The van der Waals surface area contributed by atoms with Crippen molar-refractivity contribution >= 4 is 0 Å². The van der Waals surface area contributed by atoms with Gasteiger partial charge in [-0.3, -0.25) is 9.80 Å². The van der Waals surface area contributed by atoms with Crippen molar-refractivity contribution in [1.29, 1.82) is 0 Å². The quantitative estimate of drug-likeness (QED) is 0.833. The van der Waals surface area contributed by atoms with Crippen LogP contribution in [0.25, 0.3) is 0 Å². The van der Waals surface area contributed by atoms with E-state index >= 15 is 0 Å². The molecule has 1 aromatic rings. The fourth-order valence-corrected chi connectivity index (χ4v) is 2.85. The maximum absolute atomic E-state index is 5.79. The number of hydrogen-bond donors (Lipinski definition) is 1. The van der Waals surface area contributed by atoms with Gasteiger partial charge in [0.25, 0.3) is 0 Å². The second-order valence-corrected chi connectivity index (χ2v) is 5.71. The fourth-order valence-electron chi connectivity index (χ4n) is 2.85. The number of nitrogens with one attached hydrogen (secondary N) is 1. The number of hydrogen-bond acceptors (Lipinski definition) is 5. The molecule has 3 rings (SSSR count). The molecule has 116 valence electrons. The molecular formula is C16H25N3O2. The number of piperazine rings is 1. The molecule has 0 spiro atoms. The van der Waals surface area contributed by atoms with Gasteiger partial charge in [0.05, 0.1) is 7.11 Å². The van der Waals surface area contributed by atoms with E-state index in [0.717, 1.165) is 43.8 Å². The minimum absolute atomic E-state index is 0.747. The molecule has 5 nitrogen and oxygen atoms in total. The van der Waals surface area contributed by atoms with Crippen LogP contribution >= 0.6 is 0 Å². The van der Waals surface area contributed by atoms with Crippen LogP contribution in [-0.4, -0.2) is 75.4 Å². The van der Waals surface area contributed by atoms with Gasteiger partial charge in [0, 0.05) is 51.9 Å². The van der Waals surface area contributed by atoms with Gasteiger partial charge >= 0.3 is 0 Å². The summed E-state index contributed by atoms with van der Waals surface area (Å²) in [5.41, 5.74) is 0. The van der Waals surface area contributed by atoms with Crippen molar-refractivity contribution < 1.29 is 9.47 Å². The summed E-state index contributed by atoms with van der Waals surface area (Å²) in [5.74, 6) is 1.78. The first kappa shape index (κ1) is 14.6. The summed E-state index contributed by atoms with van der Waals surface area (Å²) in [7, 11) is 1.68. The van der Waals surface area contributed by atoms with Gasteiger partial charge in [0.1, 0.15) is 18.1 Å². The number of ether oxygens (including phenoxy) is 2. The highest BCUT2D eigenvalue weighted by Crippen LogP contribution is 2.17. The van der Waals surface area contributed by atoms with Crippen LogP contribution < -0.4 is 14.8 Å². The van der Waals surface area contributed by atoms with Gasteiger partial charge in [-0.2, -0.15) is 0 Å². The van der Waals surface area contributed by atoms with Crippen LogP contribution in [0, 0.1) is 0 Å². The van der Waals surface area contributed by atoms with E-state index < -0.39 is 0 Å². The maximum Gasteiger partial charge on any atom is 0.119 e. The van der Waals surface area contributed by atoms with Crippen molar-refractivity contribution in [1.82, 2.24) is 15.1 Å². The monoisotopic (exact) mass is 291 g/mol. The Morgan fingerprint density at radius 2 is 1.71 bits per heavy atom. The molecule has 1 N–H and O–H groups in total. The van der Waals surface area contributed by atoms with Crippen molar-refractivity contribution in [2.45, 2.75) is 6.04 Å². The Bertz CT molecular complexity index is 426. The topological polar surface area (TPSA) is 37.0 Å². The first-order valence-corrected chi connectivity index (χ1v) is 7.79. The normalized spacial score (nSPS) is 21.0. The van der Waals surface area contributed by atoms with Gasteiger partial charge in [-0.25, -0.2) is 0 Å². The van der Waals surface area contributed by atoms with Crippen LogP contribution in [0.15, 0.2) is 24.3 Å². The first-order chi connectivity index (χ1) is 10.3. The van der Waals surface area contributed by atoms with Gasteiger partial charge in [-0.1, -0.05) is 0 Å². The van der Waals surface area contributed by atoms with Gasteiger partial charge in [-0.05, 0) is 24.3 Å². The number of methoxy groups -OCH3 is 1. The van der Waals surface area contributed by atoms with Gasteiger partial charge in [0.2, 0.25) is 0 Å². The minimum atomic E-state index is 0.747. The zero-order valence-electron chi connectivity index (χ0n) is 12.8. The second-order valence-electron chi connectivity index (χ2n) is 5.71. The highest BCUT2D eigenvalue weighted by Gasteiger charge is 2.27. The summed E-state index contributed by atoms with van der Waals surface area (Å²) in [6.07, 6.45) is 0. The second kappa shape index (κ2) is 7.11. The molecule has 2 fully saturated rings. The molecule has 2 aliphatic rings. The molecule has 2 heterocycles. The van der Waals surface area contributed by atoms with E-state index in [2.05, 4.69) is 15.1 Å². The van der Waals surface area contributed by atoms with Crippen LogP contribution in [0.1, 0.15) is 0 Å². The van der Waals surface area contributed by atoms with Crippen LogP contribution in [0.2, 0.25) is 0 Å². The third-order valence-electron chi connectivity index (χ3n) is 4.42. The molecule has 0 aromatic heterocycles. The molecule has 0 aliphatic carbocycles.